The third-order valence-electron chi connectivity index (χ3n) is 5.08. The molecule has 2 aromatic heterocycles. The number of pyridine rings is 2. The number of rotatable bonds is 4. The van der Waals surface area contributed by atoms with Crippen molar-refractivity contribution in [1.82, 2.24) is 9.55 Å². The SMILES string of the molecule is CCC/C=C(\c1cc(C#N)c(C)cc1C)c1cncc(N)c1Cl.Cc1ccn(C)c(=O)c1. The average molecular weight is 449 g/mol. The molecule has 1 aromatic carbocycles. The fourth-order valence-corrected chi connectivity index (χ4v) is 3.41. The molecule has 0 bridgehead atoms. The Balaban J connectivity index is 0.000000336. The topological polar surface area (TPSA) is 84.7 Å². The number of anilines is 1. The smallest absolute Gasteiger partial charge is 0.250 e. The Morgan fingerprint density at radius 3 is 2.50 bits per heavy atom. The van der Waals surface area contributed by atoms with E-state index >= 15 is 0 Å². The first-order valence-corrected chi connectivity index (χ1v) is 10.8. The Bertz CT molecular complexity index is 1240. The first kappa shape index (κ1) is 24.9. The Morgan fingerprint density at radius 2 is 1.91 bits per heavy atom. The zero-order chi connectivity index (χ0) is 23.8. The van der Waals surface area contributed by atoms with Gasteiger partial charge in [0.25, 0.3) is 5.56 Å². The highest BCUT2D eigenvalue weighted by atomic mass is 35.5. The molecule has 0 saturated carbocycles. The van der Waals surface area contributed by atoms with Gasteiger partial charge < -0.3 is 10.3 Å². The van der Waals surface area contributed by atoms with Crippen LogP contribution in [0.15, 0.2) is 53.7 Å². The van der Waals surface area contributed by atoms with Crippen molar-refractivity contribution >= 4 is 22.9 Å². The van der Waals surface area contributed by atoms with Crippen LogP contribution in [-0.4, -0.2) is 9.55 Å². The fourth-order valence-electron chi connectivity index (χ4n) is 3.21. The van der Waals surface area contributed by atoms with Gasteiger partial charge in [-0.1, -0.05) is 37.1 Å². The van der Waals surface area contributed by atoms with E-state index in [9.17, 15) is 10.1 Å². The first-order valence-electron chi connectivity index (χ1n) is 10.4. The number of nitrogens with two attached hydrogens (primary N) is 1. The third kappa shape index (κ3) is 6.09. The normalized spacial score (nSPS) is 10.8. The maximum atomic E-state index is 10.8. The molecule has 0 fully saturated rings. The summed E-state index contributed by atoms with van der Waals surface area (Å²) in [6.45, 7) is 8.01. The highest BCUT2D eigenvalue weighted by Crippen LogP contribution is 2.35. The summed E-state index contributed by atoms with van der Waals surface area (Å²) in [6, 6.07) is 9.72. The van der Waals surface area contributed by atoms with E-state index in [1.165, 1.54) is 0 Å². The predicted molar refractivity (Wildman–Crippen MR) is 133 cm³/mol. The number of halogens is 1. The third-order valence-corrected chi connectivity index (χ3v) is 5.50. The van der Waals surface area contributed by atoms with Crippen molar-refractivity contribution in [3.63, 3.8) is 0 Å². The molecule has 0 saturated heterocycles. The molecule has 0 aliphatic carbocycles. The number of nitriles is 1. The van der Waals surface area contributed by atoms with Crippen molar-refractivity contribution in [2.24, 2.45) is 7.05 Å². The summed E-state index contributed by atoms with van der Waals surface area (Å²) in [6.07, 6.45) is 9.11. The second-order valence-corrected chi connectivity index (χ2v) is 8.12. The van der Waals surface area contributed by atoms with Gasteiger partial charge in [0.15, 0.2) is 0 Å². The molecular formula is C26H29ClN4O. The number of hydrogen-bond acceptors (Lipinski definition) is 4. The number of allylic oxidation sites excluding steroid dienone is 1. The van der Waals surface area contributed by atoms with Crippen LogP contribution in [0.25, 0.3) is 5.57 Å². The molecule has 0 unspecified atom stereocenters. The molecule has 6 heteroatoms. The van der Waals surface area contributed by atoms with E-state index in [-0.39, 0.29) is 5.56 Å². The van der Waals surface area contributed by atoms with Crippen molar-refractivity contribution in [1.29, 1.82) is 5.26 Å². The van der Waals surface area contributed by atoms with Crippen molar-refractivity contribution in [2.45, 2.75) is 40.5 Å². The molecule has 2 N–H and O–H groups in total. The minimum atomic E-state index is 0.0509. The number of nitrogen functional groups attached to an aromatic ring is 1. The van der Waals surface area contributed by atoms with Gasteiger partial charge in [-0.05, 0) is 67.2 Å². The van der Waals surface area contributed by atoms with Crippen LogP contribution < -0.4 is 11.3 Å². The van der Waals surface area contributed by atoms with Crippen LogP contribution in [0.1, 0.15) is 53.1 Å². The van der Waals surface area contributed by atoms with Crippen LogP contribution in [0.2, 0.25) is 5.02 Å². The van der Waals surface area contributed by atoms with Gasteiger partial charge in [-0.2, -0.15) is 5.26 Å². The number of benzene rings is 1. The molecule has 2 heterocycles. The molecule has 3 aromatic rings. The number of hydrogen-bond donors (Lipinski definition) is 1. The Kier molecular flexibility index (Phi) is 8.80. The van der Waals surface area contributed by atoms with Gasteiger partial charge in [-0.25, -0.2) is 0 Å². The lowest BCUT2D eigenvalue weighted by Gasteiger charge is -2.15. The van der Waals surface area contributed by atoms with Gasteiger partial charge in [0.2, 0.25) is 0 Å². The number of aryl methyl sites for hydroxylation is 4. The molecule has 166 valence electrons. The van der Waals surface area contributed by atoms with E-state index in [0.717, 1.165) is 46.2 Å². The molecule has 0 radical (unpaired) electrons. The van der Waals surface area contributed by atoms with E-state index in [1.54, 1.807) is 36.3 Å². The van der Waals surface area contributed by atoms with Gasteiger partial charge in [0.1, 0.15) is 0 Å². The summed E-state index contributed by atoms with van der Waals surface area (Å²) >= 11 is 6.40. The minimum Gasteiger partial charge on any atom is -0.396 e. The lowest BCUT2D eigenvalue weighted by molar-refractivity contribution is 0.856. The first-order chi connectivity index (χ1) is 15.2. The van der Waals surface area contributed by atoms with Gasteiger partial charge in [0, 0.05) is 31.1 Å². The molecule has 5 nitrogen and oxygen atoms in total. The van der Waals surface area contributed by atoms with E-state index in [1.807, 2.05) is 39.0 Å². The largest absolute Gasteiger partial charge is 0.396 e. The van der Waals surface area contributed by atoms with Gasteiger partial charge >= 0.3 is 0 Å². The van der Waals surface area contributed by atoms with Crippen molar-refractivity contribution in [3.8, 4) is 6.07 Å². The molecule has 0 atom stereocenters. The van der Waals surface area contributed by atoms with Crippen molar-refractivity contribution < 1.29 is 0 Å². The highest BCUT2D eigenvalue weighted by molar-refractivity contribution is 6.35. The van der Waals surface area contributed by atoms with E-state index in [4.69, 9.17) is 17.3 Å². The van der Waals surface area contributed by atoms with Crippen LogP contribution in [0.4, 0.5) is 5.69 Å². The minimum absolute atomic E-state index is 0.0509. The zero-order valence-corrected chi connectivity index (χ0v) is 20.0. The summed E-state index contributed by atoms with van der Waals surface area (Å²) in [5.41, 5.74) is 12.9. The highest BCUT2D eigenvalue weighted by Gasteiger charge is 2.15. The standard InChI is InChI=1S/C19H20ClN3.C7H9NO/c1-4-5-6-15(17-10-23-11-18(22)19(17)20)16-8-14(9-21)12(2)7-13(16)3;1-6-3-4-8(2)7(9)5-6/h6-8,10-11H,4-5,22H2,1-3H3;3-5H,1-2H3/b15-6+;. The number of unbranched alkanes of at least 4 members (excludes halogenated alkanes) is 1. The van der Waals surface area contributed by atoms with Crippen LogP contribution in [0, 0.1) is 32.1 Å². The summed E-state index contributed by atoms with van der Waals surface area (Å²) in [4.78, 5) is 15.0. The lowest BCUT2D eigenvalue weighted by atomic mass is 9.91. The van der Waals surface area contributed by atoms with Gasteiger partial charge in [0.05, 0.1) is 28.5 Å². The lowest BCUT2D eigenvalue weighted by Crippen LogP contribution is -2.13. The fraction of sp³-hybridized carbons (Fsp3) is 0.269. The quantitative estimate of drug-likeness (QED) is 0.552. The molecule has 32 heavy (non-hydrogen) atoms. The van der Waals surface area contributed by atoms with Crippen LogP contribution in [0.3, 0.4) is 0 Å². The zero-order valence-electron chi connectivity index (χ0n) is 19.2. The maximum Gasteiger partial charge on any atom is 0.250 e. The maximum absolute atomic E-state index is 10.8. The molecule has 0 aliphatic rings. The molecular weight excluding hydrogens is 420 g/mol. The predicted octanol–water partition coefficient (Wildman–Crippen LogP) is 5.73. The second-order valence-electron chi connectivity index (χ2n) is 7.74. The van der Waals surface area contributed by atoms with Crippen molar-refractivity contribution in [3.05, 3.63) is 97.7 Å². The van der Waals surface area contributed by atoms with E-state index < -0.39 is 0 Å². The number of nitrogens with zero attached hydrogens (tertiary/aromatic N) is 3. The summed E-state index contributed by atoms with van der Waals surface area (Å²) in [5.74, 6) is 0. The average Bonchev–Trinajstić information content (AvgIpc) is 2.75. The van der Waals surface area contributed by atoms with Gasteiger partial charge in [-0.3, -0.25) is 9.78 Å². The van der Waals surface area contributed by atoms with Crippen molar-refractivity contribution in [2.75, 3.05) is 5.73 Å². The van der Waals surface area contributed by atoms with Gasteiger partial charge in [-0.15, -0.1) is 0 Å². The van der Waals surface area contributed by atoms with Crippen LogP contribution in [-0.2, 0) is 7.05 Å². The van der Waals surface area contributed by atoms with E-state index in [0.29, 0.717) is 16.3 Å². The molecule has 0 aliphatic heterocycles. The molecule has 3 rings (SSSR count). The number of aromatic nitrogens is 2. The molecule has 0 amide bonds. The molecule has 0 spiro atoms. The Hall–Kier alpha value is -3.36. The van der Waals surface area contributed by atoms with E-state index in [2.05, 4.69) is 24.1 Å². The van der Waals surface area contributed by atoms with Crippen LogP contribution in [0.5, 0.6) is 0 Å². The Morgan fingerprint density at radius 1 is 1.19 bits per heavy atom. The van der Waals surface area contributed by atoms with Crippen LogP contribution >= 0.6 is 11.6 Å². The summed E-state index contributed by atoms with van der Waals surface area (Å²) in [7, 11) is 1.74. The monoisotopic (exact) mass is 448 g/mol. The second kappa shape index (κ2) is 11.3. The Labute approximate surface area is 194 Å². The summed E-state index contributed by atoms with van der Waals surface area (Å²) in [5, 5.41) is 9.83. The summed E-state index contributed by atoms with van der Waals surface area (Å²) < 4.78 is 1.55.